The van der Waals surface area contributed by atoms with Crippen LogP contribution < -0.4 is 10.2 Å². The third kappa shape index (κ3) is 3.51. The van der Waals surface area contributed by atoms with Crippen LogP contribution in [0.1, 0.15) is 38.3 Å². The lowest BCUT2D eigenvalue weighted by Crippen LogP contribution is -2.67. The molecule has 1 N–H and O–H groups in total. The molecule has 0 aliphatic carbocycles. The van der Waals surface area contributed by atoms with Gasteiger partial charge in [0.15, 0.2) is 0 Å². The van der Waals surface area contributed by atoms with Gasteiger partial charge in [-0.05, 0) is 50.2 Å². The van der Waals surface area contributed by atoms with E-state index in [1.165, 1.54) is 6.92 Å². The van der Waals surface area contributed by atoms with Gasteiger partial charge in [0.25, 0.3) is 0 Å². The zero-order chi connectivity index (χ0) is 19.1. The molecule has 1 aromatic heterocycles. The van der Waals surface area contributed by atoms with E-state index in [2.05, 4.69) is 20.1 Å². The molecule has 3 saturated heterocycles. The topological polar surface area (TPSA) is 65.5 Å². The fraction of sp³-hybridized carbons (Fsp3) is 0.650. The summed E-state index contributed by atoms with van der Waals surface area (Å²) in [5.41, 5.74) is 0.842. The molecule has 3 aliphatic rings. The second-order valence-electron chi connectivity index (χ2n) is 8.16. The molecule has 4 rings (SSSR count). The number of aromatic nitrogens is 1. The van der Waals surface area contributed by atoms with E-state index in [9.17, 15) is 9.59 Å². The van der Waals surface area contributed by atoms with E-state index in [0.717, 1.165) is 43.9 Å². The molecule has 0 aromatic carbocycles. The van der Waals surface area contributed by atoms with Crippen molar-refractivity contribution in [3.05, 3.63) is 22.8 Å². The number of rotatable bonds is 3. The number of piperidine rings is 3. The van der Waals surface area contributed by atoms with Crippen LogP contribution >= 0.6 is 11.6 Å². The van der Waals surface area contributed by atoms with Gasteiger partial charge in [0.05, 0.1) is 16.8 Å². The predicted molar refractivity (Wildman–Crippen MR) is 105 cm³/mol. The van der Waals surface area contributed by atoms with Crippen molar-refractivity contribution >= 4 is 29.2 Å². The first-order valence-electron chi connectivity index (χ1n) is 9.87. The van der Waals surface area contributed by atoms with Gasteiger partial charge < -0.3 is 15.1 Å². The fourth-order valence-electron chi connectivity index (χ4n) is 5.18. The minimum absolute atomic E-state index is 0.0409. The van der Waals surface area contributed by atoms with Gasteiger partial charge in [0, 0.05) is 39.0 Å². The zero-order valence-electron chi connectivity index (χ0n) is 15.9. The molecule has 4 atom stereocenters. The van der Waals surface area contributed by atoms with Crippen molar-refractivity contribution in [2.75, 3.05) is 24.5 Å². The molecular weight excluding hydrogens is 364 g/mol. The van der Waals surface area contributed by atoms with Gasteiger partial charge in [-0.1, -0.05) is 11.6 Å². The van der Waals surface area contributed by atoms with Crippen molar-refractivity contribution in [2.45, 2.75) is 51.6 Å². The molecule has 7 heteroatoms. The number of nitrogens with one attached hydrogen (secondary N) is 1. The number of anilines is 1. The Hall–Kier alpha value is -1.82. The summed E-state index contributed by atoms with van der Waals surface area (Å²) in [4.78, 5) is 33.4. The Morgan fingerprint density at radius 3 is 2.85 bits per heavy atom. The smallest absolute Gasteiger partial charge is 0.223 e. The third-order valence-corrected chi connectivity index (χ3v) is 6.79. The van der Waals surface area contributed by atoms with Crippen LogP contribution in [0.15, 0.2) is 12.1 Å². The maximum Gasteiger partial charge on any atom is 0.223 e. The normalized spacial score (nSPS) is 30.1. The summed E-state index contributed by atoms with van der Waals surface area (Å²) >= 11 is 6.15. The maximum atomic E-state index is 12.7. The zero-order valence-corrected chi connectivity index (χ0v) is 16.7. The minimum Gasteiger partial charge on any atom is -0.356 e. The molecule has 0 saturated carbocycles. The summed E-state index contributed by atoms with van der Waals surface area (Å²) in [6.07, 6.45) is 3.77. The Labute approximate surface area is 165 Å². The van der Waals surface area contributed by atoms with Crippen LogP contribution in [0.25, 0.3) is 0 Å². The number of carbonyl (C=O) groups is 2. The summed E-state index contributed by atoms with van der Waals surface area (Å²) in [5.74, 6) is 1.97. The number of halogens is 1. The van der Waals surface area contributed by atoms with Crippen molar-refractivity contribution in [3.8, 4) is 0 Å². The Kier molecular flexibility index (Phi) is 5.01. The Balaban J connectivity index is 1.62. The number of nitrogens with zero attached hydrogens (tertiary/aromatic N) is 3. The highest BCUT2D eigenvalue weighted by molar-refractivity contribution is 6.31. The lowest BCUT2D eigenvalue weighted by Gasteiger charge is -2.56. The van der Waals surface area contributed by atoms with Crippen molar-refractivity contribution in [3.63, 3.8) is 0 Å². The van der Waals surface area contributed by atoms with Crippen LogP contribution in [0.4, 0.5) is 5.82 Å². The molecule has 6 nitrogen and oxygen atoms in total. The number of carbonyl (C=O) groups excluding carboxylic acids is 2. The SMILES string of the molecule is CC(=O)NC[C@H]1[C@H]2C[C@H](CN(c3ccc(Cl)c(C)n3)C2)[C@@H]2CCCC(=O)N21. The third-order valence-electron chi connectivity index (χ3n) is 6.39. The van der Waals surface area contributed by atoms with Gasteiger partial charge in [-0.15, -0.1) is 0 Å². The predicted octanol–water partition coefficient (Wildman–Crippen LogP) is 2.39. The van der Waals surface area contributed by atoms with E-state index in [1.807, 2.05) is 19.1 Å². The lowest BCUT2D eigenvalue weighted by atomic mass is 9.72. The van der Waals surface area contributed by atoms with Gasteiger partial charge in [-0.25, -0.2) is 4.98 Å². The van der Waals surface area contributed by atoms with E-state index in [1.54, 1.807) is 0 Å². The largest absolute Gasteiger partial charge is 0.356 e. The minimum atomic E-state index is -0.0409. The Bertz CT molecular complexity index is 755. The van der Waals surface area contributed by atoms with Crippen LogP contribution in [0.3, 0.4) is 0 Å². The van der Waals surface area contributed by atoms with E-state index in [0.29, 0.717) is 29.8 Å². The van der Waals surface area contributed by atoms with Crippen molar-refractivity contribution in [1.29, 1.82) is 0 Å². The first kappa shape index (κ1) is 18.5. The van der Waals surface area contributed by atoms with Gasteiger partial charge >= 0.3 is 0 Å². The molecule has 146 valence electrons. The van der Waals surface area contributed by atoms with Gasteiger partial charge in [-0.2, -0.15) is 0 Å². The monoisotopic (exact) mass is 390 g/mol. The molecule has 0 spiro atoms. The van der Waals surface area contributed by atoms with Crippen LogP contribution in [0.5, 0.6) is 0 Å². The summed E-state index contributed by atoms with van der Waals surface area (Å²) in [6.45, 7) is 5.78. The molecule has 2 amide bonds. The van der Waals surface area contributed by atoms with Crippen molar-refractivity contribution in [1.82, 2.24) is 15.2 Å². The molecular formula is C20H27ClN4O2. The van der Waals surface area contributed by atoms with Crippen molar-refractivity contribution in [2.24, 2.45) is 11.8 Å². The summed E-state index contributed by atoms with van der Waals surface area (Å²) in [5, 5.41) is 3.64. The van der Waals surface area contributed by atoms with Gasteiger partial charge in [0.1, 0.15) is 5.82 Å². The maximum absolute atomic E-state index is 12.7. The van der Waals surface area contributed by atoms with E-state index in [4.69, 9.17) is 11.6 Å². The van der Waals surface area contributed by atoms with Crippen LogP contribution in [-0.2, 0) is 9.59 Å². The molecule has 1 aromatic rings. The van der Waals surface area contributed by atoms with Crippen LogP contribution in [-0.4, -0.2) is 53.4 Å². The highest BCUT2D eigenvalue weighted by Gasteiger charge is 2.49. The second kappa shape index (κ2) is 7.30. The lowest BCUT2D eigenvalue weighted by molar-refractivity contribution is -0.149. The second-order valence-corrected chi connectivity index (χ2v) is 8.57. The van der Waals surface area contributed by atoms with Gasteiger partial charge in [0.2, 0.25) is 11.8 Å². The molecule has 2 bridgehead atoms. The Morgan fingerprint density at radius 2 is 2.11 bits per heavy atom. The number of fused-ring (bicyclic) bond motifs is 4. The number of hydrogen-bond donors (Lipinski definition) is 1. The average Bonchev–Trinajstić information content (AvgIpc) is 2.64. The molecule has 0 radical (unpaired) electrons. The quantitative estimate of drug-likeness (QED) is 0.860. The average molecular weight is 391 g/mol. The van der Waals surface area contributed by atoms with E-state index >= 15 is 0 Å². The number of amides is 2. The van der Waals surface area contributed by atoms with Crippen LogP contribution in [0, 0.1) is 18.8 Å². The number of pyridine rings is 1. The summed E-state index contributed by atoms with van der Waals surface area (Å²) in [7, 11) is 0. The first-order valence-corrected chi connectivity index (χ1v) is 10.3. The molecule has 27 heavy (non-hydrogen) atoms. The van der Waals surface area contributed by atoms with Crippen LogP contribution in [0.2, 0.25) is 5.02 Å². The number of hydrogen-bond acceptors (Lipinski definition) is 4. The molecule has 4 heterocycles. The summed E-state index contributed by atoms with van der Waals surface area (Å²) < 4.78 is 0. The van der Waals surface area contributed by atoms with Gasteiger partial charge in [-0.3, -0.25) is 9.59 Å². The highest BCUT2D eigenvalue weighted by Crippen LogP contribution is 2.42. The van der Waals surface area contributed by atoms with Crippen molar-refractivity contribution < 1.29 is 9.59 Å². The molecule has 3 fully saturated rings. The fourth-order valence-corrected chi connectivity index (χ4v) is 5.29. The molecule has 0 unspecified atom stereocenters. The van der Waals surface area contributed by atoms with E-state index < -0.39 is 0 Å². The standard InChI is InChI=1S/C20H27ClN4O2/c1-12-16(21)6-7-19(23-12)24-10-14-8-15(11-24)18(9-22-13(2)26)25-17(14)4-3-5-20(25)27/h6-7,14-15,17-18H,3-5,8-11H2,1-2H3,(H,22,26)/t14-,15+,17+,18+/m1/s1. The van der Waals surface area contributed by atoms with E-state index in [-0.39, 0.29) is 23.9 Å². The Morgan fingerprint density at radius 1 is 1.33 bits per heavy atom. The molecule has 3 aliphatic heterocycles. The summed E-state index contributed by atoms with van der Waals surface area (Å²) in [6, 6.07) is 4.24. The first-order chi connectivity index (χ1) is 12.9. The number of aryl methyl sites for hydroxylation is 1. The highest BCUT2D eigenvalue weighted by atomic mass is 35.5.